The zero-order valence-electron chi connectivity index (χ0n) is 18.5. The number of nitrogens with zero attached hydrogens (tertiary/aromatic N) is 1. The highest BCUT2D eigenvalue weighted by Gasteiger charge is 2.62. The number of hydrogen-bond donors (Lipinski definition) is 1. The summed E-state index contributed by atoms with van der Waals surface area (Å²) in [4.78, 5) is 63.9. The van der Waals surface area contributed by atoms with Gasteiger partial charge in [-0.1, -0.05) is 26.0 Å². The van der Waals surface area contributed by atoms with Gasteiger partial charge in [-0.2, -0.15) is 0 Å². The number of hydrogen-bond acceptors (Lipinski definition) is 6. The van der Waals surface area contributed by atoms with Crippen molar-refractivity contribution in [1.29, 1.82) is 0 Å². The number of carbonyl (C=O) groups is 5. The van der Waals surface area contributed by atoms with E-state index in [0.717, 1.165) is 24.2 Å². The summed E-state index contributed by atoms with van der Waals surface area (Å²) in [5.41, 5.74) is 0.859. The number of rotatable bonds is 7. The molecule has 5 atom stereocenters. The normalized spacial score (nSPS) is 26.9. The van der Waals surface area contributed by atoms with Crippen molar-refractivity contribution in [2.24, 2.45) is 29.6 Å². The van der Waals surface area contributed by atoms with E-state index in [0.29, 0.717) is 11.3 Å². The van der Waals surface area contributed by atoms with E-state index in [9.17, 15) is 24.0 Å². The maximum atomic E-state index is 13.1. The lowest BCUT2D eigenvalue weighted by atomic mass is 9.81. The number of likely N-dealkylation sites (tertiary alicyclic amines) is 1. The predicted molar refractivity (Wildman–Crippen MR) is 114 cm³/mol. The Morgan fingerprint density at radius 2 is 1.72 bits per heavy atom. The van der Waals surface area contributed by atoms with Crippen LogP contribution < -0.4 is 5.32 Å². The second kappa shape index (κ2) is 8.48. The number of anilines is 1. The third-order valence-electron chi connectivity index (χ3n) is 7.01. The van der Waals surface area contributed by atoms with E-state index in [1.165, 1.54) is 13.0 Å². The van der Waals surface area contributed by atoms with Gasteiger partial charge < -0.3 is 10.1 Å². The number of fused-ring (bicyclic) bond motifs is 5. The molecule has 2 aliphatic carbocycles. The van der Waals surface area contributed by atoms with Crippen LogP contribution in [0.15, 0.2) is 24.3 Å². The molecular weight excluding hydrogens is 412 g/mol. The summed E-state index contributed by atoms with van der Waals surface area (Å²) in [7, 11) is 0. The SMILES string of the molecule is CC(=O)c1cccc(NC(=O)COC(=O)[C@H](C(C)C)N2C(=O)[C@H]3[C@H]4CC[C@@H](C4)[C@@H]3C2=O)c1. The van der Waals surface area contributed by atoms with Crippen molar-refractivity contribution in [3.05, 3.63) is 29.8 Å². The first-order chi connectivity index (χ1) is 15.2. The Labute approximate surface area is 186 Å². The van der Waals surface area contributed by atoms with Crippen molar-refractivity contribution < 1.29 is 28.7 Å². The van der Waals surface area contributed by atoms with Gasteiger partial charge in [-0.25, -0.2) is 4.79 Å². The molecule has 0 aromatic heterocycles. The zero-order chi connectivity index (χ0) is 23.2. The average Bonchev–Trinajstić information content (AvgIpc) is 3.42. The molecule has 1 aromatic rings. The first-order valence-corrected chi connectivity index (χ1v) is 11.1. The number of esters is 1. The van der Waals surface area contributed by atoms with E-state index in [1.807, 2.05) is 0 Å². The fourth-order valence-corrected chi connectivity index (χ4v) is 5.62. The van der Waals surface area contributed by atoms with E-state index < -0.39 is 24.5 Å². The van der Waals surface area contributed by atoms with E-state index in [4.69, 9.17) is 4.74 Å². The molecule has 0 unspecified atom stereocenters. The molecule has 0 radical (unpaired) electrons. The van der Waals surface area contributed by atoms with E-state index >= 15 is 0 Å². The molecule has 1 heterocycles. The van der Waals surface area contributed by atoms with Gasteiger partial charge in [0, 0.05) is 11.3 Å². The van der Waals surface area contributed by atoms with Crippen molar-refractivity contribution >= 4 is 35.2 Å². The van der Waals surface area contributed by atoms with Crippen LogP contribution >= 0.6 is 0 Å². The fourth-order valence-electron chi connectivity index (χ4n) is 5.62. The number of Topliss-reactive ketones (excluding diaryl/α,β-unsaturated/α-hetero) is 1. The number of ether oxygens (including phenoxy) is 1. The van der Waals surface area contributed by atoms with Crippen LogP contribution in [-0.4, -0.2) is 47.0 Å². The summed E-state index contributed by atoms with van der Waals surface area (Å²) < 4.78 is 5.21. The highest BCUT2D eigenvalue weighted by Crippen LogP contribution is 2.56. The number of nitrogens with one attached hydrogen (secondary N) is 1. The van der Waals surface area contributed by atoms with Crippen LogP contribution in [0.25, 0.3) is 0 Å². The topological polar surface area (TPSA) is 110 Å². The van der Waals surface area contributed by atoms with Crippen LogP contribution in [-0.2, 0) is 23.9 Å². The maximum Gasteiger partial charge on any atom is 0.330 e. The zero-order valence-corrected chi connectivity index (χ0v) is 18.5. The Morgan fingerprint density at radius 1 is 1.09 bits per heavy atom. The Kier molecular flexibility index (Phi) is 5.88. The van der Waals surface area contributed by atoms with Crippen molar-refractivity contribution in [3.63, 3.8) is 0 Å². The number of carbonyl (C=O) groups excluding carboxylic acids is 5. The molecule has 2 saturated carbocycles. The first-order valence-electron chi connectivity index (χ1n) is 11.1. The molecule has 8 nitrogen and oxygen atoms in total. The molecule has 8 heteroatoms. The standard InChI is InChI=1S/C24H28N2O6/c1-12(2)21(26-22(29)19-15-7-8-16(9-15)20(19)23(26)30)24(31)32-11-18(28)25-17-6-4-5-14(10-17)13(3)27/h4-6,10,12,15-16,19-21H,7-9,11H2,1-3H3,(H,25,28)/t15-,16-,19-,20-,21-/m0/s1. The van der Waals surface area contributed by atoms with Crippen LogP contribution in [0.2, 0.25) is 0 Å². The van der Waals surface area contributed by atoms with Gasteiger partial charge in [0.15, 0.2) is 12.4 Å². The molecular formula is C24H28N2O6. The van der Waals surface area contributed by atoms with Crippen LogP contribution in [0, 0.1) is 29.6 Å². The number of benzene rings is 1. The summed E-state index contributed by atoms with van der Waals surface area (Å²) in [6.45, 7) is 4.38. The quantitative estimate of drug-likeness (QED) is 0.396. The van der Waals surface area contributed by atoms with E-state index in [-0.39, 0.29) is 47.2 Å². The van der Waals surface area contributed by atoms with Gasteiger partial charge in [0.25, 0.3) is 5.91 Å². The molecule has 4 rings (SSSR count). The lowest BCUT2D eigenvalue weighted by Gasteiger charge is -2.28. The number of amides is 3. The lowest BCUT2D eigenvalue weighted by molar-refractivity contribution is -0.162. The molecule has 3 fully saturated rings. The number of imide groups is 1. The maximum absolute atomic E-state index is 13.1. The summed E-state index contributed by atoms with van der Waals surface area (Å²) in [6, 6.07) is 5.39. The lowest BCUT2D eigenvalue weighted by Crippen LogP contribution is -2.50. The van der Waals surface area contributed by atoms with Gasteiger partial charge in [0.2, 0.25) is 11.8 Å². The van der Waals surface area contributed by atoms with E-state index in [2.05, 4.69) is 5.32 Å². The minimum absolute atomic E-state index is 0.134. The highest BCUT2D eigenvalue weighted by molar-refractivity contribution is 6.09. The second-order valence-electron chi connectivity index (χ2n) is 9.41. The molecule has 170 valence electrons. The monoisotopic (exact) mass is 440 g/mol. The minimum atomic E-state index is -1.05. The molecule has 1 saturated heterocycles. The highest BCUT2D eigenvalue weighted by atomic mass is 16.5. The van der Waals surface area contributed by atoms with Gasteiger partial charge in [-0.3, -0.25) is 24.1 Å². The minimum Gasteiger partial charge on any atom is -0.454 e. The smallest absolute Gasteiger partial charge is 0.330 e. The van der Waals surface area contributed by atoms with E-state index in [1.54, 1.807) is 32.0 Å². The molecule has 32 heavy (non-hydrogen) atoms. The van der Waals surface area contributed by atoms with Crippen LogP contribution in [0.4, 0.5) is 5.69 Å². The average molecular weight is 440 g/mol. The predicted octanol–water partition coefficient (Wildman–Crippen LogP) is 2.43. The summed E-state index contributed by atoms with van der Waals surface area (Å²) in [5, 5.41) is 2.58. The fraction of sp³-hybridized carbons (Fsp3) is 0.542. The summed E-state index contributed by atoms with van der Waals surface area (Å²) in [6.07, 6.45) is 2.84. The summed E-state index contributed by atoms with van der Waals surface area (Å²) >= 11 is 0. The van der Waals surface area contributed by atoms with Gasteiger partial charge in [-0.15, -0.1) is 0 Å². The third kappa shape index (κ3) is 3.82. The van der Waals surface area contributed by atoms with Gasteiger partial charge >= 0.3 is 5.97 Å². The van der Waals surface area contributed by atoms with Gasteiger partial charge in [0.1, 0.15) is 6.04 Å². The molecule has 0 spiro atoms. The second-order valence-corrected chi connectivity index (χ2v) is 9.41. The van der Waals surface area contributed by atoms with Crippen molar-refractivity contribution in [1.82, 2.24) is 4.90 Å². The Bertz CT molecular complexity index is 958. The Hall–Kier alpha value is -3.03. The largest absolute Gasteiger partial charge is 0.454 e. The molecule has 3 aliphatic rings. The summed E-state index contributed by atoms with van der Waals surface area (Å²) in [5.74, 6) is -2.52. The Balaban J connectivity index is 1.40. The first kappa shape index (κ1) is 22.2. The van der Waals surface area contributed by atoms with Crippen LogP contribution in [0.5, 0.6) is 0 Å². The van der Waals surface area contributed by atoms with Crippen LogP contribution in [0.1, 0.15) is 50.4 Å². The Morgan fingerprint density at radius 3 is 2.28 bits per heavy atom. The molecule has 1 aromatic carbocycles. The van der Waals surface area contributed by atoms with Crippen molar-refractivity contribution in [2.75, 3.05) is 11.9 Å². The molecule has 3 amide bonds. The molecule has 1 N–H and O–H groups in total. The molecule has 2 bridgehead atoms. The third-order valence-corrected chi connectivity index (χ3v) is 7.01. The van der Waals surface area contributed by atoms with Crippen molar-refractivity contribution in [3.8, 4) is 0 Å². The number of ketones is 1. The molecule has 1 aliphatic heterocycles. The van der Waals surface area contributed by atoms with Crippen molar-refractivity contribution in [2.45, 2.75) is 46.1 Å². The van der Waals surface area contributed by atoms with Crippen LogP contribution in [0.3, 0.4) is 0 Å². The van der Waals surface area contributed by atoms with Gasteiger partial charge in [-0.05, 0) is 56.1 Å². The van der Waals surface area contributed by atoms with Gasteiger partial charge in [0.05, 0.1) is 11.8 Å².